The maximum absolute atomic E-state index is 14.0. The van der Waals surface area contributed by atoms with Crippen LogP contribution in [0.25, 0.3) is 11.3 Å². The van der Waals surface area contributed by atoms with E-state index in [1.807, 2.05) is 0 Å². The Labute approximate surface area is 189 Å². The van der Waals surface area contributed by atoms with Crippen LogP contribution in [0.5, 0.6) is 0 Å². The molecule has 1 N–H and O–H groups in total. The molecule has 0 bridgehead atoms. The van der Waals surface area contributed by atoms with Crippen molar-refractivity contribution in [3.05, 3.63) is 35.3 Å². The average Bonchev–Trinajstić information content (AvgIpc) is 3.18. The number of hydrogen-bond donors (Lipinski definition) is 1. The first-order valence-electron chi connectivity index (χ1n) is 10.7. The Kier molecular flexibility index (Phi) is 5.36. The van der Waals surface area contributed by atoms with Crippen LogP contribution in [0.4, 0.5) is 9.18 Å². The van der Waals surface area contributed by atoms with Crippen LogP contribution in [-0.4, -0.2) is 84.5 Å². The van der Waals surface area contributed by atoms with E-state index in [2.05, 4.69) is 5.10 Å². The molecular formula is C21H23FN4O6S. The SMILES string of the molecule is O=C(O)N1CCCC(n2nc(C(=O)N3CCOCC3)c3c2-c2ccc(F)cc2S(=O)(=O)C3)C1. The van der Waals surface area contributed by atoms with Gasteiger partial charge in [-0.15, -0.1) is 0 Å². The van der Waals surface area contributed by atoms with Crippen molar-refractivity contribution >= 4 is 21.8 Å². The number of amides is 2. The van der Waals surface area contributed by atoms with Crippen molar-refractivity contribution in [2.75, 3.05) is 39.4 Å². The van der Waals surface area contributed by atoms with E-state index in [1.165, 1.54) is 17.0 Å². The molecule has 10 nitrogen and oxygen atoms in total. The number of morpholine rings is 1. The first kappa shape index (κ1) is 21.8. The standard InChI is InChI=1S/C21H23FN4O6S/c22-13-3-4-15-17(10-13)33(30,31)12-16-18(20(27)24-6-8-32-9-7-24)23-26(19(15)16)14-2-1-5-25(11-14)21(28)29/h3-4,10,14H,1-2,5-9,11-12H2,(H,28,29). The molecule has 2 amide bonds. The number of aromatic nitrogens is 2. The smallest absolute Gasteiger partial charge is 0.407 e. The fourth-order valence-electron chi connectivity index (χ4n) is 4.79. The van der Waals surface area contributed by atoms with E-state index in [1.54, 1.807) is 9.58 Å². The van der Waals surface area contributed by atoms with Crippen LogP contribution in [0.15, 0.2) is 23.1 Å². The van der Waals surface area contributed by atoms with E-state index < -0.39 is 27.5 Å². The lowest BCUT2D eigenvalue weighted by Crippen LogP contribution is -2.41. The van der Waals surface area contributed by atoms with Gasteiger partial charge in [0.25, 0.3) is 5.91 Å². The van der Waals surface area contributed by atoms with Gasteiger partial charge in [0, 0.05) is 37.3 Å². The molecule has 0 aliphatic carbocycles. The van der Waals surface area contributed by atoms with Crippen molar-refractivity contribution in [3.8, 4) is 11.3 Å². The van der Waals surface area contributed by atoms with Crippen LogP contribution in [0.3, 0.4) is 0 Å². The van der Waals surface area contributed by atoms with Crippen molar-refractivity contribution in [1.82, 2.24) is 19.6 Å². The minimum atomic E-state index is -3.90. The van der Waals surface area contributed by atoms with Crippen molar-refractivity contribution in [3.63, 3.8) is 0 Å². The van der Waals surface area contributed by atoms with Crippen LogP contribution in [0.2, 0.25) is 0 Å². The van der Waals surface area contributed by atoms with Gasteiger partial charge in [-0.05, 0) is 31.0 Å². The van der Waals surface area contributed by atoms with Gasteiger partial charge in [-0.3, -0.25) is 9.48 Å². The molecule has 2 aromatic rings. The second-order valence-electron chi connectivity index (χ2n) is 8.45. The summed E-state index contributed by atoms with van der Waals surface area (Å²) in [5.74, 6) is -1.54. The summed E-state index contributed by atoms with van der Waals surface area (Å²) < 4.78 is 46.9. The topological polar surface area (TPSA) is 122 Å². The molecule has 0 spiro atoms. The van der Waals surface area contributed by atoms with E-state index in [-0.39, 0.29) is 40.2 Å². The van der Waals surface area contributed by atoms with E-state index in [4.69, 9.17) is 4.74 Å². The maximum Gasteiger partial charge on any atom is 0.407 e. The molecule has 33 heavy (non-hydrogen) atoms. The zero-order valence-corrected chi connectivity index (χ0v) is 18.6. The Balaban J connectivity index is 1.67. The molecule has 2 saturated heterocycles. The minimum absolute atomic E-state index is 0.0397. The number of likely N-dealkylation sites (tertiary alicyclic amines) is 1. The minimum Gasteiger partial charge on any atom is -0.465 e. The largest absolute Gasteiger partial charge is 0.465 e. The molecule has 1 aromatic heterocycles. The van der Waals surface area contributed by atoms with E-state index in [9.17, 15) is 27.5 Å². The van der Waals surface area contributed by atoms with Gasteiger partial charge in [-0.25, -0.2) is 17.6 Å². The molecule has 12 heteroatoms. The summed E-state index contributed by atoms with van der Waals surface area (Å²) in [4.78, 5) is 27.6. The fraction of sp³-hybridized carbons (Fsp3) is 0.476. The van der Waals surface area contributed by atoms with Crippen LogP contribution < -0.4 is 0 Å². The van der Waals surface area contributed by atoms with Crippen LogP contribution in [-0.2, 0) is 20.3 Å². The predicted octanol–water partition coefficient (Wildman–Crippen LogP) is 1.76. The molecule has 176 valence electrons. The number of carbonyl (C=O) groups is 2. The molecule has 4 heterocycles. The average molecular weight is 479 g/mol. The first-order chi connectivity index (χ1) is 15.8. The van der Waals surface area contributed by atoms with Crippen molar-refractivity contribution in [2.45, 2.75) is 29.5 Å². The lowest BCUT2D eigenvalue weighted by atomic mass is 10.0. The number of rotatable bonds is 2. The number of carbonyl (C=O) groups excluding carboxylic acids is 1. The molecule has 0 saturated carbocycles. The predicted molar refractivity (Wildman–Crippen MR) is 113 cm³/mol. The Morgan fingerprint density at radius 2 is 1.91 bits per heavy atom. The summed E-state index contributed by atoms with van der Waals surface area (Å²) in [7, 11) is -3.90. The highest BCUT2D eigenvalue weighted by molar-refractivity contribution is 7.90. The van der Waals surface area contributed by atoms with E-state index in [0.717, 1.165) is 6.07 Å². The highest BCUT2D eigenvalue weighted by atomic mass is 32.2. The summed E-state index contributed by atoms with van der Waals surface area (Å²) in [6.45, 7) is 2.05. The number of piperidine rings is 1. The third-order valence-electron chi connectivity index (χ3n) is 6.39. The fourth-order valence-corrected chi connectivity index (χ4v) is 6.39. The molecular weight excluding hydrogens is 455 g/mol. The number of halogens is 1. The molecule has 3 aliphatic heterocycles. The molecule has 1 atom stereocenters. The van der Waals surface area contributed by atoms with Gasteiger partial charge < -0.3 is 19.6 Å². The molecule has 2 fully saturated rings. The number of nitrogens with zero attached hydrogens (tertiary/aromatic N) is 4. The zero-order chi connectivity index (χ0) is 23.3. The highest BCUT2D eigenvalue weighted by Crippen LogP contribution is 2.42. The third-order valence-corrected chi connectivity index (χ3v) is 8.07. The van der Waals surface area contributed by atoms with Gasteiger partial charge in [0.05, 0.1) is 35.6 Å². The molecule has 3 aliphatic rings. The number of hydrogen-bond acceptors (Lipinski definition) is 6. The number of fused-ring (bicyclic) bond motifs is 3. The summed E-state index contributed by atoms with van der Waals surface area (Å²) in [5, 5.41) is 14.0. The van der Waals surface area contributed by atoms with E-state index >= 15 is 0 Å². The lowest BCUT2D eigenvalue weighted by Gasteiger charge is -2.32. The van der Waals surface area contributed by atoms with Gasteiger partial charge in [-0.1, -0.05) is 0 Å². The summed E-state index contributed by atoms with van der Waals surface area (Å²) in [6, 6.07) is 3.17. The van der Waals surface area contributed by atoms with Gasteiger partial charge in [-0.2, -0.15) is 5.10 Å². The highest BCUT2D eigenvalue weighted by Gasteiger charge is 2.39. The van der Waals surface area contributed by atoms with E-state index in [0.29, 0.717) is 51.4 Å². The summed E-state index contributed by atoms with van der Waals surface area (Å²) in [6.07, 6.45) is 0.176. The van der Waals surface area contributed by atoms with Crippen LogP contribution in [0.1, 0.15) is 34.9 Å². The number of sulfone groups is 1. The summed E-state index contributed by atoms with van der Waals surface area (Å²) in [5.41, 5.74) is 1.03. The Bertz CT molecular complexity index is 1240. The van der Waals surface area contributed by atoms with Crippen molar-refractivity contribution in [2.24, 2.45) is 0 Å². The van der Waals surface area contributed by atoms with Gasteiger partial charge in [0.2, 0.25) is 0 Å². The molecule has 0 radical (unpaired) electrons. The Hall–Kier alpha value is -2.99. The normalized spacial score (nSPS) is 21.9. The monoisotopic (exact) mass is 478 g/mol. The first-order valence-corrected chi connectivity index (χ1v) is 12.4. The zero-order valence-electron chi connectivity index (χ0n) is 17.7. The second kappa shape index (κ2) is 8.10. The molecule has 5 rings (SSSR count). The molecule has 1 unspecified atom stereocenters. The maximum atomic E-state index is 14.0. The number of carboxylic acid groups (broad SMARTS) is 1. The van der Waals surface area contributed by atoms with Gasteiger partial charge in [0.1, 0.15) is 5.82 Å². The van der Waals surface area contributed by atoms with Crippen molar-refractivity contribution < 1.29 is 32.2 Å². The summed E-state index contributed by atoms with van der Waals surface area (Å²) >= 11 is 0. The van der Waals surface area contributed by atoms with Crippen LogP contribution in [0, 0.1) is 5.82 Å². The van der Waals surface area contributed by atoms with Gasteiger partial charge in [0.15, 0.2) is 15.5 Å². The Morgan fingerprint density at radius 3 is 2.64 bits per heavy atom. The second-order valence-corrected chi connectivity index (χ2v) is 10.4. The number of ether oxygens (including phenoxy) is 1. The lowest BCUT2D eigenvalue weighted by molar-refractivity contribution is 0.0297. The van der Waals surface area contributed by atoms with Gasteiger partial charge >= 0.3 is 6.09 Å². The van der Waals surface area contributed by atoms with Crippen molar-refractivity contribution in [1.29, 1.82) is 0 Å². The third kappa shape index (κ3) is 3.76. The van der Waals surface area contributed by atoms with Crippen LogP contribution >= 0.6 is 0 Å². The quantitative estimate of drug-likeness (QED) is 0.698. The molecule has 1 aromatic carbocycles. The number of benzene rings is 1. The Morgan fingerprint density at radius 1 is 1.15 bits per heavy atom.